The van der Waals surface area contributed by atoms with Crippen molar-refractivity contribution in [3.63, 3.8) is 0 Å². The first kappa shape index (κ1) is 17.6. The molecule has 2 aromatic heterocycles. The molecule has 1 aliphatic rings. The van der Waals surface area contributed by atoms with E-state index in [2.05, 4.69) is 15.5 Å². The fourth-order valence-electron chi connectivity index (χ4n) is 3.81. The Balaban J connectivity index is 1.45. The van der Waals surface area contributed by atoms with E-state index < -0.39 is 0 Å². The first-order valence-corrected chi connectivity index (χ1v) is 9.23. The minimum Gasteiger partial charge on any atom is -0.361 e. The van der Waals surface area contributed by atoms with Gasteiger partial charge in [0.25, 0.3) is 0 Å². The van der Waals surface area contributed by atoms with Gasteiger partial charge >= 0.3 is 0 Å². The number of amides is 1. The zero-order valence-corrected chi connectivity index (χ0v) is 15.5. The lowest BCUT2D eigenvalue weighted by molar-refractivity contribution is -0.132. The van der Waals surface area contributed by atoms with E-state index in [9.17, 15) is 9.18 Å². The Morgan fingerprint density at radius 3 is 3.00 bits per heavy atom. The van der Waals surface area contributed by atoms with E-state index in [-0.39, 0.29) is 17.8 Å². The lowest BCUT2D eigenvalue weighted by atomic mass is 10.0. The van der Waals surface area contributed by atoms with Crippen molar-refractivity contribution in [1.82, 2.24) is 25.1 Å². The lowest BCUT2D eigenvalue weighted by Crippen LogP contribution is -2.41. The first-order valence-electron chi connectivity index (χ1n) is 9.23. The maximum absolute atomic E-state index is 13.4. The highest BCUT2D eigenvalue weighted by Crippen LogP contribution is 2.25. The van der Waals surface area contributed by atoms with Gasteiger partial charge < -0.3 is 9.42 Å². The van der Waals surface area contributed by atoms with Gasteiger partial charge in [-0.3, -0.25) is 4.79 Å². The molecule has 0 unspecified atom stereocenters. The smallest absolute Gasteiger partial charge is 0.222 e. The van der Waals surface area contributed by atoms with Gasteiger partial charge in [-0.25, -0.2) is 9.07 Å². The standard InChI is InChI=1S/C19H22FN5O2/c1-12-16(13(2)27-22-12)6-8-19(26)24-9-3-4-15(11-24)25-18-7-5-14(20)10-17(18)21-23-25/h5,7,10,15H,3-4,6,8-9,11H2,1-2H3/t15-/m1/s1. The van der Waals surface area contributed by atoms with Gasteiger partial charge in [0.05, 0.1) is 17.3 Å². The number of carbonyl (C=O) groups excluding carboxylic acids is 1. The fraction of sp³-hybridized carbons (Fsp3) is 0.474. The largest absolute Gasteiger partial charge is 0.361 e. The molecule has 0 saturated carbocycles. The van der Waals surface area contributed by atoms with Gasteiger partial charge in [0, 0.05) is 31.1 Å². The highest BCUT2D eigenvalue weighted by atomic mass is 19.1. The molecule has 8 heteroatoms. The first-order chi connectivity index (χ1) is 13.0. The molecule has 0 N–H and O–H groups in total. The van der Waals surface area contributed by atoms with E-state index in [1.165, 1.54) is 12.1 Å². The minimum atomic E-state index is -0.325. The van der Waals surface area contributed by atoms with Crippen LogP contribution in [0.4, 0.5) is 4.39 Å². The molecule has 1 amide bonds. The van der Waals surface area contributed by atoms with Gasteiger partial charge in [0.2, 0.25) is 5.91 Å². The number of aromatic nitrogens is 4. The molecule has 1 saturated heterocycles. The molecule has 27 heavy (non-hydrogen) atoms. The molecule has 7 nitrogen and oxygen atoms in total. The van der Waals surface area contributed by atoms with Crippen LogP contribution in [0.5, 0.6) is 0 Å². The van der Waals surface area contributed by atoms with E-state index in [1.54, 1.807) is 6.07 Å². The van der Waals surface area contributed by atoms with Gasteiger partial charge in [0.15, 0.2) is 0 Å². The van der Waals surface area contributed by atoms with Gasteiger partial charge in [-0.1, -0.05) is 10.4 Å². The van der Waals surface area contributed by atoms with Crippen molar-refractivity contribution in [2.45, 2.75) is 45.6 Å². The molecule has 142 valence electrons. The molecule has 1 aromatic carbocycles. The monoisotopic (exact) mass is 371 g/mol. The highest BCUT2D eigenvalue weighted by molar-refractivity contribution is 5.77. The predicted molar refractivity (Wildman–Crippen MR) is 96.6 cm³/mol. The predicted octanol–water partition coefficient (Wildman–Crippen LogP) is 2.97. The van der Waals surface area contributed by atoms with E-state index in [4.69, 9.17) is 4.52 Å². The molecule has 1 fully saturated rings. The normalized spacial score (nSPS) is 17.6. The van der Waals surface area contributed by atoms with E-state index in [1.807, 2.05) is 23.4 Å². The summed E-state index contributed by atoms with van der Waals surface area (Å²) >= 11 is 0. The maximum atomic E-state index is 13.4. The molecule has 0 bridgehead atoms. The van der Waals surface area contributed by atoms with E-state index in [0.717, 1.165) is 41.9 Å². The molecule has 3 heterocycles. The second-order valence-electron chi connectivity index (χ2n) is 7.11. The summed E-state index contributed by atoms with van der Waals surface area (Å²) in [7, 11) is 0. The second-order valence-corrected chi connectivity index (χ2v) is 7.11. The Kier molecular flexibility index (Phi) is 4.63. The summed E-state index contributed by atoms with van der Waals surface area (Å²) in [6.45, 7) is 5.11. The van der Waals surface area contributed by atoms with Crippen LogP contribution >= 0.6 is 0 Å². The van der Waals surface area contributed by atoms with Crippen LogP contribution in [0.2, 0.25) is 0 Å². The third-order valence-electron chi connectivity index (χ3n) is 5.30. The Hall–Kier alpha value is -2.77. The number of likely N-dealkylation sites (tertiary alicyclic amines) is 1. The van der Waals surface area contributed by atoms with Crippen LogP contribution in [-0.4, -0.2) is 44.0 Å². The van der Waals surface area contributed by atoms with Crippen molar-refractivity contribution in [2.75, 3.05) is 13.1 Å². The number of halogens is 1. The van der Waals surface area contributed by atoms with Crippen LogP contribution in [-0.2, 0) is 11.2 Å². The highest BCUT2D eigenvalue weighted by Gasteiger charge is 2.27. The number of benzene rings is 1. The second kappa shape index (κ2) is 7.09. The van der Waals surface area contributed by atoms with Crippen molar-refractivity contribution in [2.24, 2.45) is 0 Å². The summed E-state index contributed by atoms with van der Waals surface area (Å²) < 4.78 is 20.4. The molecule has 1 aliphatic heterocycles. The number of nitrogens with zero attached hydrogens (tertiary/aromatic N) is 5. The summed E-state index contributed by atoms with van der Waals surface area (Å²) in [6, 6.07) is 4.55. The van der Waals surface area contributed by atoms with Crippen molar-refractivity contribution in [1.29, 1.82) is 0 Å². The number of carbonyl (C=O) groups is 1. The zero-order valence-electron chi connectivity index (χ0n) is 15.5. The number of hydrogen-bond acceptors (Lipinski definition) is 5. The zero-order chi connectivity index (χ0) is 19.0. The van der Waals surface area contributed by atoms with E-state index in [0.29, 0.717) is 24.9 Å². The molecule has 0 spiro atoms. The number of piperidine rings is 1. The maximum Gasteiger partial charge on any atom is 0.222 e. The van der Waals surface area contributed by atoms with Crippen LogP contribution in [0, 0.1) is 19.7 Å². The minimum absolute atomic E-state index is 0.0530. The number of aryl methyl sites for hydroxylation is 2. The topological polar surface area (TPSA) is 77.0 Å². The average molecular weight is 371 g/mol. The van der Waals surface area contributed by atoms with Crippen LogP contribution in [0.1, 0.15) is 42.3 Å². The van der Waals surface area contributed by atoms with Crippen molar-refractivity contribution >= 4 is 16.9 Å². The summed E-state index contributed by atoms with van der Waals surface area (Å²) in [5, 5.41) is 12.2. The van der Waals surface area contributed by atoms with Gasteiger partial charge in [-0.2, -0.15) is 0 Å². The summed E-state index contributed by atoms with van der Waals surface area (Å²) in [5.41, 5.74) is 3.20. The van der Waals surface area contributed by atoms with Gasteiger partial charge in [0.1, 0.15) is 17.1 Å². The Morgan fingerprint density at radius 1 is 1.37 bits per heavy atom. The number of hydrogen-bond donors (Lipinski definition) is 0. The Labute approximate surface area is 156 Å². The number of rotatable bonds is 4. The summed E-state index contributed by atoms with van der Waals surface area (Å²) in [6.07, 6.45) is 2.89. The van der Waals surface area contributed by atoms with Gasteiger partial charge in [-0.05, 0) is 45.2 Å². The summed E-state index contributed by atoms with van der Waals surface area (Å²) in [4.78, 5) is 14.6. The third-order valence-corrected chi connectivity index (χ3v) is 5.30. The van der Waals surface area contributed by atoms with E-state index >= 15 is 0 Å². The molecule has 0 radical (unpaired) electrons. The van der Waals surface area contributed by atoms with Crippen molar-refractivity contribution in [3.8, 4) is 0 Å². The van der Waals surface area contributed by atoms with Crippen LogP contribution < -0.4 is 0 Å². The SMILES string of the molecule is Cc1noc(C)c1CCC(=O)N1CCC[C@@H](n2nnc3cc(F)ccc32)C1. The molecule has 1 atom stereocenters. The lowest BCUT2D eigenvalue weighted by Gasteiger charge is -2.33. The quantitative estimate of drug-likeness (QED) is 0.705. The van der Waals surface area contributed by atoms with Crippen molar-refractivity contribution < 1.29 is 13.7 Å². The Morgan fingerprint density at radius 2 is 2.22 bits per heavy atom. The fourth-order valence-corrected chi connectivity index (χ4v) is 3.81. The Bertz CT molecular complexity index is 960. The molecular formula is C19H22FN5O2. The molecule has 4 rings (SSSR count). The van der Waals surface area contributed by atoms with Crippen LogP contribution in [0.25, 0.3) is 11.0 Å². The van der Waals surface area contributed by atoms with Crippen LogP contribution in [0.15, 0.2) is 22.7 Å². The molecule has 3 aromatic rings. The molecule has 0 aliphatic carbocycles. The number of fused-ring (bicyclic) bond motifs is 1. The van der Waals surface area contributed by atoms with Crippen molar-refractivity contribution in [3.05, 3.63) is 41.0 Å². The van der Waals surface area contributed by atoms with Gasteiger partial charge in [-0.15, -0.1) is 5.10 Å². The average Bonchev–Trinajstić information content (AvgIpc) is 3.22. The third kappa shape index (κ3) is 3.43. The van der Waals surface area contributed by atoms with Crippen LogP contribution in [0.3, 0.4) is 0 Å². The summed E-state index contributed by atoms with van der Waals surface area (Å²) in [5.74, 6) is 0.572. The molecular weight excluding hydrogens is 349 g/mol.